The zero-order valence-electron chi connectivity index (χ0n) is 13.1. The van der Waals surface area contributed by atoms with Gasteiger partial charge in [-0.15, -0.1) is 0 Å². The van der Waals surface area contributed by atoms with Crippen molar-refractivity contribution in [1.29, 1.82) is 0 Å². The zero-order chi connectivity index (χ0) is 16.7. The number of phenolic OH excluding ortho intramolecular Hbond substituents is 1. The van der Waals surface area contributed by atoms with Crippen LogP contribution in [0.25, 0.3) is 0 Å². The first kappa shape index (κ1) is 16.7. The number of carboxylic acid groups (broad SMARTS) is 1. The van der Waals surface area contributed by atoms with E-state index in [1.807, 2.05) is 37.1 Å². The van der Waals surface area contributed by atoms with E-state index in [2.05, 4.69) is 17.2 Å². The van der Waals surface area contributed by atoms with Gasteiger partial charge in [0.05, 0.1) is 17.7 Å². The van der Waals surface area contributed by atoms with E-state index in [0.717, 1.165) is 28.3 Å². The molecule has 2 N–H and O–H groups in total. The molecular formula is C16H21N2O3S2+. The maximum atomic E-state index is 11.4. The number of phenols is 1. The fourth-order valence-electron chi connectivity index (χ4n) is 3.27. The number of nitrogens with zero attached hydrogens (tertiary/aromatic N) is 2. The first-order chi connectivity index (χ1) is 11.0. The molecule has 1 unspecified atom stereocenters. The van der Waals surface area contributed by atoms with E-state index in [1.54, 1.807) is 11.8 Å². The summed E-state index contributed by atoms with van der Waals surface area (Å²) in [5.41, 5.74) is 1.69. The van der Waals surface area contributed by atoms with Crippen LogP contribution >= 0.6 is 24.4 Å². The lowest BCUT2D eigenvalue weighted by atomic mass is 10.00. The fourth-order valence-corrected chi connectivity index (χ4v) is 5.08. The van der Waals surface area contributed by atoms with E-state index in [1.165, 1.54) is 0 Å². The van der Waals surface area contributed by atoms with E-state index >= 15 is 0 Å². The number of thiol groups is 1. The third kappa shape index (κ3) is 2.75. The molecule has 1 aromatic rings. The van der Waals surface area contributed by atoms with Crippen molar-refractivity contribution in [2.45, 2.75) is 31.6 Å². The third-order valence-electron chi connectivity index (χ3n) is 4.73. The van der Waals surface area contributed by atoms with Gasteiger partial charge in [0.2, 0.25) is 11.2 Å². The molecule has 3 atom stereocenters. The number of aliphatic carboxylic acids is 1. The molecule has 0 aliphatic carbocycles. The van der Waals surface area contributed by atoms with Gasteiger partial charge in [0.15, 0.2) is 6.04 Å². The molecule has 124 valence electrons. The van der Waals surface area contributed by atoms with Crippen molar-refractivity contribution in [1.82, 2.24) is 4.90 Å². The summed E-state index contributed by atoms with van der Waals surface area (Å²) in [6.07, 6.45) is 0.982. The molecule has 0 saturated carbocycles. The Bertz CT molecular complexity index is 677. The predicted molar refractivity (Wildman–Crippen MR) is 94.9 cm³/mol. The number of fused-ring (bicyclic) bond motifs is 1. The molecule has 23 heavy (non-hydrogen) atoms. The van der Waals surface area contributed by atoms with Crippen LogP contribution in [0.15, 0.2) is 18.2 Å². The van der Waals surface area contributed by atoms with E-state index in [4.69, 9.17) is 0 Å². The molecule has 7 heteroatoms. The molecule has 2 heterocycles. The highest BCUT2D eigenvalue weighted by molar-refractivity contribution is 8.14. The number of hydrogen-bond donors (Lipinski definition) is 3. The monoisotopic (exact) mass is 353 g/mol. The molecule has 0 radical (unpaired) electrons. The Hall–Kier alpha value is -1.18. The van der Waals surface area contributed by atoms with Gasteiger partial charge in [-0.2, -0.15) is 12.6 Å². The topological polar surface area (TPSA) is 63.8 Å². The van der Waals surface area contributed by atoms with Crippen LogP contribution in [0.1, 0.15) is 17.5 Å². The van der Waals surface area contributed by atoms with Gasteiger partial charge in [0.1, 0.15) is 11.8 Å². The van der Waals surface area contributed by atoms with Crippen LogP contribution in [0.5, 0.6) is 5.75 Å². The minimum absolute atomic E-state index is 0.0400. The first-order valence-electron chi connectivity index (χ1n) is 7.58. The molecule has 1 saturated heterocycles. The van der Waals surface area contributed by atoms with Crippen molar-refractivity contribution in [2.24, 2.45) is 0 Å². The lowest BCUT2D eigenvalue weighted by Gasteiger charge is -2.37. The summed E-state index contributed by atoms with van der Waals surface area (Å²) in [6.45, 7) is 1.89. The lowest BCUT2D eigenvalue weighted by molar-refractivity contribution is -0.677. The summed E-state index contributed by atoms with van der Waals surface area (Å²) in [5.74, 6) is 0.718. The number of aryl methyl sites for hydroxylation is 1. The number of hydrogen-bond acceptors (Lipinski definition) is 5. The van der Waals surface area contributed by atoms with E-state index < -0.39 is 12.0 Å². The van der Waals surface area contributed by atoms with Crippen molar-refractivity contribution in [2.75, 3.05) is 18.6 Å². The summed E-state index contributed by atoms with van der Waals surface area (Å²) in [5, 5.41) is 20.8. The summed E-state index contributed by atoms with van der Waals surface area (Å²) >= 11 is 5.91. The highest BCUT2D eigenvalue weighted by atomic mass is 32.2. The molecule has 0 bridgehead atoms. The number of para-hydroxylation sites is 1. The van der Waals surface area contributed by atoms with Crippen molar-refractivity contribution in [3.05, 3.63) is 29.3 Å². The van der Waals surface area contributed by atoms with Crippen molar-refractivity contribution in [3.8, 4) is 5.75 Å². The Morgan fingerprint density at radius 2 is 2.30 bits per heavy atom. The van der Waals surface area contributed by atoms with Crippen molar-refractivity contribution < 1.29 is 19.6 Å². The van der Waals surface area contributed by atoms with Gasteiger partial charge in [-0.1, -0.05) is 12.1 Å². The van der Waals surface area contributed by atoms with Gasteiger partial charge in [-0.05, 0) is 37.4 Å². The van der Waals surface area contributed by atoms with E-state index in [0.29, 0.717) is 11.8 Å². The molecule has 5 nitrogen and oxygen atoms in total. The SMILES string of the molecule is Cc1cccc(C2=[N+]3C(N(C)[C@H](CS)C(=O)O)C[C@@H]3CS2)c1O. The van der Waals surface area contributed by atoms with Gasteiger partial charge in [-0.25, -0.2) is 9.48 Å². The Balaban J connectivity index is 1.95. The maximum Gasteiger partial charge on any atom is 0.321 e. The van der Waals surface area contributed by atoms with Crippen LogP contribution in [0.3, 0.4) is 0 Å². The summed E-state index contributed by atoms with van der Waals surface area (Å²) in [7, 11) is 1.84. The van der Waals surface area contributed by atoms with Gasteiger partial charge in [-0.3, -0.25) is 4.79 Å². The molecule has 0 aromatic heterocycles. The van der Waals surface area contributed by atoms with Crippen LogP contribution in [0.4, 0.5) is 0 Å². The second-order valence-corrected chi connectivity index (χ2v) is 7.44. The number of thioether (sulfide) groups is 1. The zero-order valence-corrected chi connectivity index (χ0v) is 14.8. The van der Waals surface area contributed by atoms with Crippen LogP contribution in [-0.4, -0.2) is 67.5 Å². The quantitative estimate of drug-likeness (QED) is 0.555. The van der Waals surface area contributed by atoms with Crippen LogP contribution in [-0.2, 0) is 4.79 Å². The highest BCUT2D eigenvalue weighted by Crippen LogP contribution is 2.38. The number of benzene rings is 1. The number of aromatic hydroxyl groups is 1. The van der Waals surface area contributed by atoms with Crippen LogP contribution in [0.2, 0.25) is 0 Å². The number of carboxylic acids is 1. The van der Waals surface area contributed by atoms with Gasteiger partial charge in [0, 0.05) is 5.75 Å². The fraction of sp³-hybridized carbons (Fsp3) is 0.500. The summed E-state index contributed by atoms with van der Waals surface area (Å²) < 4.78 is 2.25. The number of carbonyl (C=O) groups is 1. The average Bonchev–Trinajstić information content (AvgIpc) is 2.79. The van der Waals surface area contributed by atoms with Gasteiger partial charge >= 0.3 is 5.97 Å². The Labute approximate surface area is 145 Å². The van der Waals surface area contributed by atoms with E-state index in [9.17, 15) is 15.0 Å². The molecule has 3 rings (SSSR count). The molecule has 1 aromatic carbocycles. The van der Waals surface area contributed by atoms with Crippen molar-refractivity contribution in [3.63, 3.8) is 0 Å². The van der Waals surface area contributed by atoms with Crippen molar-refractivity contribution >= 4 is 35.4 Å². The smallest absolute Gasteiger partial charge is 0.321 e. The number of likely N-dealkylation sites (N-methyl/N-ethyl adjacent to an activating group) is 1. The second-order valence-electron chi connectivity index (χ2n) is 6.07. The normalized spacial score (nSPS) is 24.5. The first-order valence-corrected chi connectivity index (χ1v) is 9.20. The largest absolute Gasteiger partial charge is 0.507 e. The molecule has 1 fully saturated rings. The average molecular weight is 353 g/mol. The predicted octanol–water partition coefficient (Wildman–Crippen LogP) is 1.62. The molecular weight excluding hydrogens is 332 g/mol. The summed E-state index contributed by atoms with van der Waals surface area (Å²) in [4.78, 5) is 13.3. The van der Waals surface area contributed by atoms with Gasteiger partial charge in [0.25, 0.3) is 0 Å². The van der Waals surface area contributed by atoms with E-state index in [-0.39, 0.29) is 11.9 Å². The Morgan fingerprint density at radius 1 is 1.57 bits per heavy atom. The van der Waals surface area contributed by atoms with Gasteiger partial charge < -0.3 is 10.2 Å². The molecule has 2 aliphatic heterocycles. The maximum absolute atomic E-state index is 11.4. The lowest BCUT2D eigenvalue weighted by Crippen LogP contribution is -2.61. The standard InChI is InChI=1S/C16H20N2O3S2/c1-9-4-3-5-11(14(9)19)15-18-10(8-23-15)6-13(18)17(2)12(7-22)16(20)21/h3-5,10,12-13H,6-8H2,1-2H3,(H2,20,21,22)/p+1/t10-,12-,13?/m1/s1. The minimum atomic E-state index is -0.849. The Morgan fingerprint density at radius 3 is 2.96 bits per heavy atom. The molecule has 2 aliphatic rings. The van der Waals surface area contributed by atoms with Crippen LogP contribution < -0.4 is 0 Å². The Kier molecular flexibility index (Phi) is 4.62. The molecule has 0 spiro atoms. The third-order valence-corrected chi connectivity index (χ3v) is 6.33. The summed E-state index contributed by atoms with van der Waals surface area (Å²) in [6, 6.07) is 5.56. The highest BCUT2D eigenvalue weighted by Gasteiger charge is 2.54. The van der Waals surface area contributed by atoms with Crippen LogP contribution in [0, 0.1) is 6.92 Å². The second kappa shape index (κ2) is 6.37. The minimum Gasteiger partial charge on any atom is -0.507 e. The number of rotatable bonds is 5. The molecule has 0 amide bonds.